The zero-order valence-electron chi connectivity index (χ0n) is 14.4. The topological polar surface area (TPSA) is 66.0 Å². The Hall–Kier alpha value is -3.13. The number of aryl methyl sites for hydroxylation is 2. The van der Waals surface area contributed by atoms with E-state index in [1.807, 2.05) is 62.5 Å². The minimum Gasteiger partial charge on any atom is -0.361 e. The third-order valence-electron chi connectivity index (χ3n) is 4.12. The summed E-state index contributed by atoms with van der Waals surface area (Å²) >= 11 is 0. The molecule has 0 fully saturated rings. The van der Waals surface area contributed by atoms with Gasteiger partial charge in [-0.05, 0) is 25.0 Å². The molecule has 0 unspecified atom stereocenters. The van der Waals surface area contributed by atoms with E-state index in [4.69, 9.17) is 9.78 Å². The van der Waals surface area contributed by atoms with Crippen LogP contribution in [0.1, 0.15) is 23.4 Å². The number of anilines is 1. The molecule has 0 saturated heterocycles. The van der Waals surface area contributed by atoms with E-state index in [0.29, 0.717) is 5.69 Å². The van der Waals surface area contributed by atoms with Crippen molar-refractivity contribution in [3.8, 4) is 17.3 Å². The van der Waals surface area contributed by atoms with Gasteiger partial charge in [-0.3, -0.25) is 0 Å². The van der Waals surface area contributed by atoms with Crippen molar-refractivity contribution in [2.24, 2.45) is 0 Å². The molecule has 0 N–H and O–H groups in total. The van der Waals surface area contributed by atoms with E-state index >= 15 is 0 Å². The summed E-state index contributed by atoms with van der Waals surface area (Å²) in [5, 5.41) is 13.2. The molecule has 3 rings (SSSR count). The lowest BCUT2D eigenvalue weighted by atomic mass is 10.1. The number of aromatic nitrogens is 2. The molecule has 25 heavy (non-hydrogen) atoms. The van der Waals surface area contributed by atoms with Crippen molar-refractivity contribution in [1.82, 2.24) is 10.1 Å². The maximum absolute atomic E-state index is 9.10. The van der Waals surface area contributed by atoms with E-state index in [-0.39, 0.29) is 0 Å². The van der Waals surface area contributed by atoms with Crippen LogP contribution in [0.25, 0.3) is 11.3 Å². The number of nitriles is 1. The number of hydrogen-bond acceptors (Lipinski definition) is 5. The van der Waals surface area contributed by atoms with Gasteiger partial charge < -0.3 is 9.42 Å². The van der Waals surface area contributed by atoms with Gasteiger partial charge in [-0.25, -0.2) is 4.98 Å². The van der Waals surface area contributed by atoms with Crippen LogP contribution in [0.2, 0.25) is 0 Å². The van der Waals surface area contributed by atoms with Crippen LogP contribution in [0.5, 0.6) is 0 Å². The van der Waals surface area contributed by atoms with E-state index in [1.165, 1.54) is 0 Å². The lowest BCUT2D eigenvalue weighted by molar-refractivity contribution is 0.383. The van der Waals surface area contributed by atoms with Crippen LogP contribution < -0.4 is 4.90 Å². The van der Waals surface area contributed by atoms with E-state index in [2.05, 4.69) is 21.1 Å². The SMILES string of the molecule is Cc1ccc(N(C)CCCc2cc(-c3ccccc3)no2)nc1C#N. The highest BCUT2D eigenvalue weighted by atomic mass is 16.5. The Morgan fingerprint density at radius 1 is 1.16 bits per heavy atom. The molecule has 0 aliphatic rings. The molecule has 5 nitrogen and oxygen atoms in total. The van der Waals surface area contributed by atoms with Crippen molar-refractivity contribution in [3.05, 3.63) is 65.5 Å². The van der Waals surface area contributed by atoms with Crippen LogP contribution in [-0.2, 0) is 6.42 Å². The first kappa shape index (κ1) is 16.7. The Morgan fingerprint density at radius 3 is 2.72 bits per heavy atom. The first-order chi connectivity index (χ1) is 12.2. The zero-order chi connectivity index (χ0) is 17.6. The molecule has 0 spiro atoms. The Bertz CT molecular complexity index is 880. The summed E-state index contributed by atoms with van der Waals surface area (Å²) in [6, 6.07) is 18.0. The van der Waals surface area contributed by atoms with Gasteiger partial charge >= 0.3 is 0 Å². The van der Waals surface area contributed by atoms with Gasteiger partial charge in [0.1, 0.15) is 29.0 Å². The van der Waals surface area contributed by atoms with Crippen LogP contribution in [0.4, 0.5) is 5.82 Å². The van der Waals surface area contributed by atoms with Crippen LogP contribution in [0.3, 0.4) is 0 Å². The predicted molar refractivity (Wildman–Crippen MR) is 97.2 cm³/mol. The number of nitrogens with zero attached hydrogens (tertiary/aromatic N) is 4. The average Bonchev–Trinajstić information content (AvgIpc) is 3.11. The van der Waals surface area contributed by atoms with Crippen LogP contribution in [0, 0.1) is 18.3 Å². The van der Waals surface area contributed by atoms with Gasteiger partial charge in [-0.1, -0.05) is 41.6 Å². The molecule has 0 bridgehead atoms. The molecule has 3 aromatic rings. The second-order valence-electron chi connectivity index (χ2n) is 6.02. The quantitative estimate of drug-likeness (QED) is 0.683. The molecule has 0 aliphatic heterocycles. The lowest BCUT2D eigenvalue weighted by Crippen LogP contribution is -2.20. The third-order valence-corrected chi connectivity index (χ3v) is 4.12. The van der Waals surface area contributed by atoms with Gasteiger partial charge in [0.2, 0.25) is 0 Å². The number of pyridine rings is 1. The second kappa shape index (κ2) is 7.63. The fourth-order valence-electron chi connectivity index (χ4n) is 2.63. The molecule has 1 aromatic carbocycles. The summed E-state index contributed by atoms with van der Waals surface area (Å²) in [5.74, 6) is 1.69. The lowest BCUT2D eigenvalue weighted by Gasteiger charge is -2.18. The minimum absolute atomic E-state index is 0.479. The van der Waals surface area contributed by atoms with Crippen molar-refractivity contribution in [2.75, 3.05) is 18.5 Å². The molecule has 5 heteroatoms. The first-order valence-corrected chi connectivity index (χ1v) is 8.27. The molecule has 126 valence electrons. The van der Waals surface area contributed by atoms with Crippen molar-refractivity contribution in [2.45, 2.75) is 19.8 Å². The van der Waals surface area contributed by atoms with Crippen molar-refractivity contribution in [3.63, 3.8) is 0 Å². The fraction of sp³-hybridized carbons (Fsp3) is 0.250. The minimum atomic E-state index is 0.479. The zero-order valence-corrected chi connectivity index (χ0v) is 14.4. The van der Waals surface area contributed by atoms with Gasteiger partial charge in [0, 0.05) is 31.6 Å². The normalized spacial score (nSPS) is 10.4. The Kier molecular flexibility index (Phi) is 5.10. The monoisotopic (exact) mass is 332 g/mol. The molecule has 0 aliphatic carbocycles. The van der Waals surface area contributed by atoms with Gasteiger partial charge in [0.05, 0.1) is 0 Å². The molecule has 0 saturated carbocycles. The predicted octanol–water partition coefficient (Wildman–Crippen LogP) is 3.99. The fourth-order valence-corrected chi connectivity index (χ4v) is 2.63. The highest BCUT2D eigenvalue weighted by Crippen LogP contribution is 2.19. The summed E-state index contributed by atoms with van der Waals surface area (Å²) < 4.78 is 5.43. The van der Waals surface area contributed by atoms with Gasteiger partial charge in [-0.2, -0.15) is 5.26 Å². The molecule has 0 atom stereocenters. The summed E-state index contributed by atoms with van der Waals surface area (Å²) in [7, 11) is 1.98. The van der Waals surface area contributed by atoms with E-state index in [0.717, 1.165) is 47.8 Å². The molecule has 2 heterocycles. The van der Waals surface area contributed by atoms with Crippen molar-refractivity contribution >= 4 is 5.82 Å². The van der Waals surface area contributed by atoms with E-state index < -0.39 is 0 Å². The molecular weight excluding hydrogens is 312 g/mol. The van der Waals surface area contributed by atoms with Crippen LogP contribution in [0.15, 0.2) is 53.1 Å². The average molecular weight is 332 g/mol. The number of benzene rings is 1. The van der Waals surface area contributed by atoms with Crippen LogP contribution in [-0.4, -0.2) is 23.7 Å². The summed E-state index contributed by atoms with van der Waals surface area (Å²) in [4.78, 5) is 6.44. The Balaban J connectivity index is 1.56. The van der Waals surface area contributed by atoms with Crippen molar-refractivity contribution < 1.29 is 4.52 Å². The summed E-state index contributed by atoms with van der Waals surface area (Å²) in [6.45, 7) is 2.71. The number of rotatable bonds is 6. The smallest absolute Gasteiger partial charge is 0.145 e. The Labute approximate surface area is 147 Å². The molecule has 0 radical (unpaired) electrons. The van der Waals surface area contributed by atoms with E-state index in [9.17, 15) is 0 Å². The maximum atomic E-state index is 9.10. The second-order valence-corrected chi connectivity index (χ2v) is 6.02. The summed E-state index contributed by atoms with van der Waals surface area (Å²) in [6.07, 6.45) is 1.72. The highest BCUT2D eigenvalue weighted by Gasteiger charge is 2.09. The summed E-state index contributed by atoms with van der Waals surface area (Å²) in [5.41, 5.74) is 3.30. The highest BCUT2D eigenvalue weighted by molar-refractivity contribution is 5.58. The van der Waals surface area contributed by atoms with Crippen molar-refractivity contribution in [1.29, 1.82) is 5.26 Å². The molecular formula is C20H20N4O. The van der Waals surface area contributed by atoms with E-state index in [1.54, 1.807) is 0 Å². The van der Waals surface area contributed by atoms with Crippen LogP contribution >= 0.6 is 0 Å². The maximum Gasteiger partial charge on any atom is 0.145 e. The molecule has 0 amide bonds. The third kappa shape index (κ3) is 4.04. The molecule has 2 aromatic heterocycles. The van der Waals surface area contributed by atoms with Gasteiger partial charge in [0.25, 0.3) is 0 Å². The Morgan fingerprint density at radius 2 is 1.96 bits per heavy atom. The number of hydrogen-bond donors (Lipinski definition) is 0. The van der Waals surface area contributed by atoms with Gasteiger partial charge in [-0.15, -0.1) is 0 Å². The van der Waals surface area contributed by atoms with Gasteiger partial charge in [0.15, 0.2) is 0 Å². The standard InChI is InChI=1S/C20H20N4O/c1-15-10-11-20(22-19(15)14-21)24(2)12-6-9-17-13-18(23-25-17)16-7-4-3-5-8-16/h3-5,7-8,10-11,13H,6,9,12H2,1-2H3. The largest absolute Gasteiger partial charge is 0.361 e. The first-order valence-electron chi connectivity index (χ1n) is 8.27.